The molecule has 5 nitrogen and oxygen atoms in total. The summed E-state index contributed by atoms with van der Waals surface area (Å²) in [6, 6.07) is 0. The van der Waals surface area contributed by atoms with Crippen molar-refractivity contribution in [3.8, 4) is 0 Å². The number of carbonyl (C=O) groups excluding carboxylic acids is 2. The van der Waals surface area contributed by atoms with Gasteiger partial charge in [0.2, 0.25) is 11.8 Å². The van der Waals surface area contributed by atoms with Crippen LogP contribution in [0.15, 0.2) is 11.1 Å². The smallest absolute Gasteiger partial charge is 0.249 e. The van der Waals surface area contributed by atoms with Crippen LogP contribution in [-0.2, 0) is 9.59 Å². The third-order valence-corrected chi connectivity index (χ3v) is 2.53. The van der Waals surface area contributed by atoms with Crippen LogP contribution in [0.4, 0.5) is 0 Å². The number of hydrogen-bond donors (Lipinski definition) is 2. The van der Waals surface area contributed by atoms with Gasteiger partial charge in [0.1, 0.15) is 0 Å². The van der Waals surface area contributed by atoms with Gasteiger partial charge in [-0.2, -0.15) is 0 Å². The Hall–Kier alpha value is -1.36. The highest BCUT2D eigenvalue weighted by atomic mass is 16.2. The summed E-state index contributed by atoms with van der Waals surface area (Å²) < 4.78 is 0. The van der Waals surface area contributed by atoms with E-state index in [0.717, 1.165) is 24.2 Å². The lowest BCUT2D eigenvalue weighted by molar-refractivity contribution is -0.131. The van der Waals surface area contributed by atoms with Crippen LogP contribution in [0.2, 0.25) is 0 Å². The number of amides is 2. The molecule has 2 N–H and O–H groups in total. The number of carbonyl (C=O) groups is 2. The highest BCUT2D eigenvalue weighted by molar-refractivity contribution is 5.96. The molecule has 0 bridgehead atoms. The highest BCUT2D eigenvalue weighted by Crippen LogP contribution is 2.10. The third kappa shape index (κ3) is 2.79. The van der Waals surface area contributed by atoms with Gasteiger partial charge in [0.15, 0.2) is 0 Å². The molecule has 1 heterocycles. The summed E-state index contributed by atoms with van der Waals surface area (Å²) in [6.07, 6.45) is 0. The molecule has 0 radical (unpaired) electrons. The van der Waals surface area contributed by atoms with Crippen LogP contribution in [0, 0.1) is 0 Å². The first-order valence-electron chi connectivity index (χ1n) is 4.91. The Morgan fingerprint density at radius 2 is 2.07 bits per heavy atom. The molecule has 1 rings (SSSR count). The van der Waals surface area contributed by atoms with Crippen molar-refractivity contribution in [2.45, 2.75) is 6.92 Å². The van der Waals surface area contributed by atoms with E-state index in [9.17, 15) is 9.59 Å². The van der Waals surface area contributed by atoms with E-state index in [1.807, 2.05) is 0 Å². The van der Waals surface area contributed by atoms with Gasteiger partial charge in [-0.1, -0.05) is 0 Å². The maximum Gasteiger partial charge on any atom is 0.249 e. The van der Waals surface area contributed by atoms with E-state index in [0.29, 0.717) is 0 Å². The van der Waals surface area contributed by atoms with E-state index in [1.54, 1.807) is 21.0 Å². The van der Waals surface area contributed by atoms with Crippen LogP contribution in [0.5, 0.6) is 0 Å². The molecular weight excluding hydrogens is 194 g/mol. The summed E-state index contributed by atoms with van der Waals surface area (Å²) in [6.45, 7) is 3.48. The molecule has 0 spiro atoms. The zero-order chi connectivity index (χ0) is 11.4. The van der Waals surface area contributed by atoms with Gasteiger partial charge in [0.05, 0.1) is 6.54 Å². The van der Waals surface area contributed by atoms with Crippen LogP contribution in [0.25, 0.3) is 0 Å². The lowest BCUT2D eigenvalue weighted by Gasteiger charge is -2.24. The Bertz CT molecular complexity index is 304. The van der Waals surface area contributed by atoms with Crippen LogP contribution in [0.3, 0.4) is 0 Å². The molecule has 0 unspecified atom stereocenters. The predicted molar refractivity (Wildman–Crippen MR) is 57.3 cm³/mol. The Balaban J connectivity index is 2.56. The molecule has 1 aliphatic rings. The van der Waals surface area contributed by atoms with Gasteiger partial charge in [0, 0.05) is 32.8 Å². The molecule has 5 heteroatoms. The van der Waals surface area contributed by atoms with Gasteiger partial charge in [-0.3, -0.25) is 9.59 Å². The molecule has 1 aliphatic heterocycles. The van der Waals surface area contributed by atoms with E-state index in [-0.39, 0.29) is 18.4 Å². The topological polar surface area (TPSA) is 61.4 Å². The molecule has 1 saturated heterocycles. The van der Waals surface area contributed by atoms with E-state index >= 15 is 0 Å². The van der Waals surface area contributed by atoms with Gasteiger partial charge in [-0.05, 0) is 12.5 Å². The second-order valence-corrected chi connectivity index (χ2v) is 3.67. The fourth-order valence-corrected chi connectivity index (χ4v) is 1.32. The summed E-state index contributed by atoms with van der Waals surface area (Å²) in [4.78, 5) is 24.3. The molecule has 0 aromatic carbocycles. The minimum Gasteiger partial charge on any atom is -0.358 e. The Kier molecular flexibility index (Phi) is 3.85. The fourth-order valence-electron chi connectivity index (χ4n) is 1.32. The van der Waals surface area contributed by atoms with E-state index < -0.39 is 0 Å². The second-order valence-electron chi connectivity index (χ2n) is 3.67. The number of nitrogens with zero attached hydrogens (tertiary/aromatic N) is 1. The maximum atomic E-state index is 11.8. The summed E-state index contributed by atoms with van der Waals surface area (Å²) in [5.74, 6) is -0.231. The number of likely N-dealkylation sites (N-methyl/N-ethyl adjacent to an activating group) is 2. The van der Waals surface area contributed by atoms with E-state index in [1.165, 1.54) is 4.90 Å². The van der Waals surface area contributed by atoms with Gasteiger partial charge in [0.25, 0.3) is 0 Å². The summed E-state index contributed by atoms with van der Waals surface area (Å²) in [7, 11) is 3.19. The number of hydrogen-bond acceptors (Lipinski definition) is 3. The molecule has 0 saturated carbocycles. The van der Waals surface area contributed by atoms with Crippen molar-refractivity contribution in [1.82, 2.24) is 15.5 Å². The van der Waals surface area contributed by atoms with Crippen LogP contribution in [-0.4, -0.2) is 50.4 Å². The summed E-state index contributed by atoms with van der Waals surface area (Å²) in [5, 5.41) is 5.57. The molecular formula is C10H17N3O2. The standard InChI is InChI=1S/C10H17N3O2/c1-7(8-4-12-5-8)10(15)13(3)6-9(14)11-2/h12H,4-6H2,1-3H3,(H,11,14). The zero-order valence-electron chi connectivity index (χ0n) is 9.39. The number of rotatable bonds is 3. The quantitative estimate of drug-likeness (QED) is 0.595. The molecule has 0 aromatic heterocycles. The second kappa shape index (κ2) is 4.93. The summed E-state index contributed by atoms with van der Waals surface area (Å²) >= 11 is 0. The largest absolute Gasteiger partial charge is 0.358 e. The minimum absolute atomic E-state index is 0.0740. The van der Waals surface area contributed by atoms with E-state index in [2.05, 4.69) is 10.6 Å². The van der Waals surface area contributed by atoms with Gasteiger partial charge in [-0.25, -0.2) is 0 Å². The van der Waals surface area contributed by atoms with Crippen molar-refractivity contribution in [2.75, 3.05) is 33.7 Å². The van der Waals surface area contributed by atoms with Gasteiger partial charge < -0.3 is 15.5 Å². The lowest BCUT2D eigenvalue weighted by atomic mass is 10.0. The molecule has 84 valence electrons. The highest BCUT2D eigenvalue weighted by Gasteiger charge is 2.19. The Morgan fingerprint density at radius 1 is 1.47 bits per heavy atom. The third-order valence-electron chi connectivity index (χ3n) is 2.53. The van der Waals surface area contributed by atoms with Crippen LogP contribution >= 0.6 is 0 Å². The van der Waals surface area contributed by atoms with Crippen molar-refractivity contribution in [3.63, 3.8) is 0 Å². The van der Waals surface area contributed by atoms with Crippen molar-refractivity contribution in [1.29, 1.82) is 0 Å². The van der Waals surface area contributed by atoms with Crippen molar-refractivity contribution in [3.05, 3.63) is 11.1 Å². The Labute approximate surface area is 89.5 Å². The first-order valence-corrected chi connectivity index (χ1v) is 4.91. The molecule has 2 amide bonds. The lowest BCUT2D eigenvalue weighted by Crippen LogP contribution is -2.40. The zero-order valence-corrected chi connectivity index (χ0v) is 9.39. The van der Waals surface area contributed by atoms with Crippen molar-refractivity contribution < 1.29 is 9.59 Å². The molecule has 0 aromatic rings. The molecule has 15 heavy (non-hydrogen) atoms. The van der Waals surface area contributed by atoms with Crippen molar-refractivity contribution >= 4 is 11.8 Å². The summed E-state index contributed by atoms with van der Waals surface area (Å²) in [5.41, 5.74) is 1.88. The normalized spacial score (nSPS) is 14.2. The van der Waals surface area contributed by atoms with Crippen LogP contribution in [0.1, 0.15) is 6.92 Å². The molecule has 0 aliphatic carbocycles. The van der Waals surface area contributed by atoms with Gasteiger partial charge in [-0.15, -0.1) is 0 Å². The average molecular weight is 211 g/mol. The number of nitrogens with one attached hydrogen (secondary N) is 2. The minimum atomic E-state index is -0.157. The first kappa shape index (κ1) is 11.7. The molecule has 1 fully saturated rings. The average Bonchev–Trinajstić information content (AvgIpc) is 2.13. The molecule has 0 atom stereocenters. The van der Waals surface area contributed by atoms with Crippen LogP contribution < -0.4 is 10.6 Å². The maximum absolute atomic E-state index is 11.8. The van der Waals surface area contributed by atoms with E-state index in [4.69, 9.17) is 0 Å². The van der Waals surface area contributed by atoms with Crippen molar-refractivity contribution in [2.24, 2.45) is 0 Å². The Morgan fingerprint density at radius 3 is 2.47 bits per heavy atom. The van der Waals surface area contributed by atoms with Gasteiger partial charge >= 0.3 is 0 Å². The fraction of sp³-hybridized carbons (Fsp3) is 0.600. The first-order chi connectivity index (χ1) is 7.06. The SMILES string of the molecule is CNC(=O)CN(C)C(=O)C(C)=C1CNC1. The predicted octanol–water partition coefficient (Wildman–Crippen LogP) is -0.889. The monoisotopic (exact) mass is 211 g/mol.